The Morgan fingerprint density at radius 2 is 1.00 bits per heavy atom. The van der Waals surface area contributed by atoms with Crippen LogP contribution in [-0.2, 0) is 59.7 Å². The van der Waals surface area contributed by atoms with Gasteiger partial charge in [-0.05, 0) is 0 Å². The molecule has 0 aromatic rings. The molecule has 0 unspecified atom stereocenters. The van der Waals surface area contributed by atoms with Crippen LogP contribution in [0, 0.1) is 0 Å². The van der Waals surface area contributed by atoms with E-state index in [4.69, 9.17) is 0 Å². The fraction of sp³-hybridized carbons (Fsp3) is 0. The summed E-state index contributed by atoms with van der Waals surface area (Å²) in [6.07, 6.45) is 0. The van der Waals surface area contributed by atoms with Crippen molar-refractivity contribution in [2.45, 2.75) is 0 Å². The first-order valence-corrected chi connectivity index (χ1v) is 0. The Labute approximate surface area is 67.5 Å². The second-order valence-corrected chi connectivity index (χ2v) is 0. The van der Waals surface area contributed by atoms with Gasteiger partial charge in [0.1, 0.15) is 0 Å². The van der Waals surface area contributed by atoms with Gasteiger partial charge in [-0.15, -0.1) is 0 Å². The molecule has 0 N–H and O–H groups in total. The van der Waals surface area contributed by atoms with E-state index in [1.807, 2.05) is 0 Å². The van der Waals surface area contributed by atoms with Gasteiger partial charge < -0.3 is 0 Å². The van der Waals surface area contributed by atoms with Crippen molar-refractivity contribution in [2.24, 2.45) is 0 Å². The van der Waals surface area contributed by atoms with E-state index in [1.54, 1.807) is 0 Å². The Kier molecular flexibility index (Phi) is 193. The van der Waals surface area contributed by atoms with E-state index < -0.39 is 0 Å². The van der Waals surface area contributed by atoms with Crippen LogP contribution in [-0.4, -0.2) is 8.41 Å². The van der Waals surface area contributed by atoms with Gasteiger partial charge in [0.25, 0.3) is 0 Å². The molecular formula is BCoFeHf. The van der Waals surface area contributed by atoms with Gasteiger partial charge in [-0.3, -0.25) is 0 Å². The molecule has 0 aliphatic heterocycles. The molecule has 0 fully saturated rings. The van der Waals surface area contributed by atoms with Crippen molar-refractivity contribution in [3.63, 3.8) is 0 Å². The van der Waals surface area contributed by atoms with Crippen LogP contribution in [0.25, 0.3) is 0 Å². The van der Waals surface area contributed by atoms with E-state index in [9.17, 15) is 0 Å². The number of hydrogen-bond acceptors (Lipinski definition) is 0. The molecular weight excluding hydrogens is 304 g/mol. The van der Waals surface area contributed by atoms with Gasteiger partial charge in [-0.1, -0.05) is 0 Å². The standard InChI is InChI=1S/B.Co.Fe.Hf. The molecule has 4 heavy (non-hydrogen) atoms. The van der Waals surface area contributed by atoms with Crippen molar-refractivity contribution >= 4 is 8.41 Å². The van der Waals surface area contributed by atoms with E-state index >= 15 is 0 Å². The Bertz CT molecular complexity index is 8.00. The first kappa shape index (κ1) is 38.2. The fourth-order valence-electron chi connectivity index (χ4n) is 0. The van der Waals surface area contributed by atoms with Gasteiger partial charge in [-0.25, -0.2) is 0 Å². The minimum atomic E-state index is 0. The molecule has 4 heteroatoms. The van der Waals surface area contributed by atoms with Crippen LogP contribution in [0.15, 0.2) is 0 Å². The topological polar surface area (TPSA) is 0 Å². The minimum absolute atomic E-state index is 0. The largest absolute Gasteiger partial charge is 0 e. The molecule has 0 aliphatic carbocycles. The predicted molar refractivity (Wildman–Crippen MR) is 5.75 cm³/mol. The molecule has 0 aliphatic rings. The van der Waals surface area contributed by atoms with Gasteiger partial charge in [0.15, 0.2) is 0 Å². The van der Waals surface area contributed by atoms with Crippen LogP contribution in [0.2, 0.25) is 0 Å². The number of hydrogen-bond donors (Lipinski definition) is 0. The summed E-state index contributed by atoms with van der Waals surface area (Å²) in [4.78, 5) is 0. The maximum Gasteiger partial charge on any atom is 0 e. The molecule has 0 bridgehead atoms. The minimum Gasteiger partial charge on any atom is 0 e. The van der Waals surface area contributed by atoms with Gasteiger partial charge in [0.05, 0.1) is 0 Å². The molecule has 0 amide bonds. The van der Waals surface area contributed by atoms with Crippen molar-refractivity contribution < 1.29 is 59.7 Å². The molecule has 0 atom stereocenters. The summed E-state index contributed by atoms with van der Waals surface area (Å²) in [5.41, 5.74) is 0. The molecule has 4 radical (unpaired) electrons. The average molecular weight is 304 g/mol. The first-order valence-electron chi connectivity index (χ1n) is 0. The summed E-state index contributed by atoms with van der Waals surface area (Å²) in [5.74, 6) is 0. The molecule has 0 rings (SSSR count). The summed E-state index contributed by atoms with van der Waals surface area (Å²) >= 11 is 0. The van der Waals surface area contributed by atoms with Crippen LogP contribution >= 0.6 is 0 Å². The van der Waals surface area contributed by atoms with Crippen LogP contribution in [0.4, 0.5) is 0 Å². The maximum absolute atomic E-state index is 0. The second-order valence-electron chi connectivity index (χ2n) is 0. The van der Waals surface area contributed by atoms with E-state index in [-0.39, 0.29) is 68.1 Å². The third kappa shape index (κ3) is 9.03. The molecule has 0 saturated carbocycles. The summed E-state index contributed by atoms with van der Waals surface area (Å²) in [5, 5.41) is 0. The molecule has 0 saturated heterocycles. The molecule has 0 heterocycles. The Morgan fingerprint density at radius 1 is 1.00 bits per heavy atom. The fourth-order valence-corrected chi connectivity index (χ4v) is 0. The first-order chi connectivity index (χ1) is 0. The molecule has 0 aromatic carbocycles. The quantitative estimate of drug-likeness (QED) is 0.535. The maximum atomic E-state index is 0. The summed E-state index contributed by atoms with van der Waals surface area (Å²) in [6.45, 7) is 0. The zero-order chi connectivity index (χ0) is 0. The second kappa shape index (κ2) is 20.2. The number of rotatable bonds is 0. The van der Waals surface area contributed by atoms with Crippen LogP contribution in [0.3, 0.4) is 0 Å². The Balaban J connectivity index is 0. The van der Waals surface area contributed by atoms with Crippen molar-refractivity contribution in [3.8, 4) is 0 Å². The van der Waals surface area contributed by atoms with E-state index in [1.165, 1.54) is 0 Å². The summed E-state index contributed by atoms with van der Waals surface area (Å²) < 4.78 is 0. The van der Waals surface area contributed by atoms with E-state index in [2.05, 4.69) is 0 Å². The molecule has 0 nitrogen and oxygen atoms in total. The molecule has 24 valence electrons. The van der Waals surface area contributed by atoms with Crippen LogP contribution in [0.5, 0.6) is 0 Å². The van der Waals surface area contributed by atoms with Crippen molar-refractivity contribution in [2.75, 3.05) is 0 Å². The Morgan fingerprint density at radius 3 is 1.00 bits per heavy atom. The van der Waals surface area contributed by atoms with E-state index in [0.717, 1.165) is 0 Å². The van der Waals surface area contributed by atoms with Gasteiger partial charge in [-0.2, -0.15) is 0 Å². The van der Waals surface area contributed by atoms with Crippen LogP contribution < -0.4 is 0 Å². The third-order valence-electron chi connectivity index (χ3n) is 0. The zero-order valence-electron chi connectivity index (χ0n) is 1.76. The van der Waals surface area contributed by atoms with Crippen molar-refractivity contribution in [3.05, 3.63) is 0 Å². The molecule has 0 aromatic heterocycles. The van der Waals surface area contributed by atoms with Crippen molar-refractivity contribution in [1.29, 1.82) is 0 Å². The Hall–Kier alpha value is 1.96. The van der Waals surface area contributed by atoms with E-state index in [0.29, 0.717) is 0 Å². The average Bonchev–Trinajstić information content (AvgIpc) is 0. The monoisotopic (exact) mass is 306 g/mol. The summed E-state index contributed by atoms with van der Waals surface area (Å²) in [6, 6.07) is 0. The zero-order valence-corrected chi connectivity index (χ0v) is 7.50. The van der Waals surface area contributed by atoms with Crippen molar-refractivity contribution in [1.82, 2.24) is 0 Å². The van der Waals surface area contributed by atoms with Crippen LogP contribution in [0.1, 0.15) is 0 Å². The summed E-state index contributed by atoms with van der Waals surface area (Å²) in [7, 11) is 0. The normalized spacial score (nSPS) is 0. The van der Waals surface area contributed by atoms with Gasteiger partial charge >= 0.3 is 0 Å². The SMILES string of the molecule is [B].[Co].[Fe].[Hf]. The van der Waals surface area contributed by atoms with Gasteiger partial charge in [0.2, 0.25) is 0 Å². The third-order valence-corrected chi connectivity index (χ3v) is 0. The predicted octanol–water partition coefficient (Wildman–Crippen LogP) is -0.388. The smallest absolute Gasteiger partial charge is 0 e. The molecule has 0 spiro atoms. The van der Waals surface area contributed by atoms with Gasteiger partial charge in [0, 0.05) is 68.1 Å².